The Balaban J connectivity index is 2.27. The average molecular weight is 267 g/mol. The summed E-state index contributed by atoms with van der Waals surface area (Å²) in [6, 6.07) is 9.79. The summed E-state index contributed by atoms with van der Waals surface area (Å²) in [5, 5.41) is 12.5. The van der Waals surface area contributed by atoms with Crippen LogP contribution in [0.15, 0.2) is 35.2 Å². The smallest absolute Gasteiger partial charge is 0.230 e. The Kier molecular flexibility index (Phi) is 5.69. The van der Waals surface area contributed by atoms with Crippen molar-refractivity contribution in [1.82, 2.24) is 5.32 Å². The second-order valence-electron chi connectivity index (χ2n) is 5.29. The Bertz CT molecular complexity index is 373. The van der Waals surface area contributed by atoms with Gasteiger partial charge in [-0.15, -0.1) is 11.8 Å². The SMILES string of the molecule is CC(C)(C)C(O)CNC(=O)CSc1ccccc1. The molecule has 1 aromatic rings. The zero-order valence-corrected chi connectivity index (χ0v) is 12.0. The number of carbonyl (C=O) groups is 1. The first-order chi connectivity index (χ1) is 8.39. The summed E-state index contributed by atoms with van der Waals surface area (Å²) in [7, 11) is 0. The van der Waals surface area contributed by atoms with Gasteiger partial charge in [-0.3, -0.25) is 4.79 Å². The van der Waals surface area contributed by atoms with Gasteiger partial charge in [0, 0.05) is 11.4 Å². The highest BCUT2D eigenvalue weighted by Gasteiger charge is 2.22. The van der Waals surface area contributed by atoms with Gasteiger partial charge in [-0.1, -0.05) is 39.0 Å². The summed E-state index contributed by atoms with van der Waals surface area (Å²) in [6.45, 7) is 6.14. The van der Waals surface area contributed by atoms with Crippen LogP contribution in [-0.4, -0.2) is 29.4 Å². The van der Waals surface area contributed by atoms with E-state index >= 15 is 0 Å². The molecule has 1 aromatic carbocycles. The Morgan fingerprint density at radius 2 is 1.94 bits per heavy atom. The third kappa shape index (κ3) is 5.56. The second-order valence-corrected chi connectivity index (χ2v) is 6.34. The Morgan fingerprint density at radius 3 is 2.50 bits per heavy atom. The Labute approximate surface area is 113 Å². The lowest BCUT2D eigenvalue weighted by Crippen LogP contribution is -2.39. The third-order valence-electron chi connectivity index (χ3n) is 2.61. The molecule has 1 rings (SSSR count). The highest BCUT2D eigenvalue weighted by molar-refractivity contribution is 8.00. The van der Waals surface area contributed by atoms with Gasteiger partial charge in [0.15, 0.2) is 0 Å². The van der Waals surface area contributed by atoms with E-state index < -0.39 is 6.10 Å². The van der Waals surface area contributed by atoms with Crippen LogP contribution in [-0.2, 0) is 4.79 Å². The summed E-state index contributed by atoms with van der Waals surface area (Å²) in [6.07, 6.45) is -0.525. The van der Waals surface area contributed by atoms with E-state index in [1.165, 1.54) is 11.8 Å². The van der Waals surface area contributed by atoms with Crippen molar-refractivity contribution in [1.29, 1.82) is 0 Å². The van der Waals surface area contributed by atoms with Gasteiger partial charge in [-0.2, -0.15) is 0 Å². The molecule has 100 valence electrons. The number of carbonyl (C=O) groups excluding carboxylic acids is 1. The first-order valence-electron chi connectivity index (χ1n) is 6.02. The molecule has 3 nitrogen and oxygen atoms in total. The van der Waals surface area contributed by atoms with Crippen molar-refractivity contribution in [3.05, 3.63) is 30.3 Å². The first-order valence-corrected chi connectivity index (χ1v) is 7.01. The maximum absolute atomic E-state index is 11.6. The van der Waals surface area contributed by atoms with E-state index in [1.54, 1.807) is 0 Å². The van der Waals surface area contributed by atoms with Gasteiger partial charge in [0.2, 0.25) is 5.91 Å². The number of hydrogen-bond donors (Lipinski definition) is 2. The lowest BCUT2D eigenvalue weighted by molar-refractivity contribution is -0.119. The van der Waals surface area contributed by atoms with E-state index in [1.807, 2.05) is 51.1 Å². The van der Waals surface area contributed by atoms with Gasteiger partial charge in [0.25, 0.3) is 0 Å². The molecular weight excluding hydrogens is 246 g/mol. The lowest BCUT2D eigenvalue weighted by Gasteiger charge is -2.25. The Hall–Kier alpha value is -1.00. The number of aliphatic hydroxyl groups excluding tert-OH is 1. The number of nitrogens with one attached hydrogen (secondary N) is 1. The highest BCUT2D eigenvalue weighted by atomic mass is 32.2. The minimum absolute atomic E-state index is 0.0489. The van der Waals surface area contributed by atoms with Gasteiger partial charge >= 0.3 is 0 Å². The number of hydrogen-bond acceptors (Lipinski definition) is 3. The van der Waals surface area contributed by atoms with Gasteiger partial charge < -0.3 is 10.4 Å². The van der Waals surface area contributed by atoms with Gasteiger partial charge in [0.05, 0.1) is 11.9 Å². The van der Waals surface area contributed by atoms with E-state index in [9.17, 15) is 9.90 Å². The number of benzene rings is 1. The van der Waals surface area contributed by atoms with E-state index in [2.05, 4.69) is 5.32 Å². The van der Waals surface area contributed by atoms with Crippen LogP contribution in [0, 0.1) is 5.41 Å². The van der Waals surface area contributed by atoms with Gasteiger partial charge in [-0.05, 0) is 17.5 Å². The molecule has 1 atom stereocenters. The minimum atomic E-state index is -0.525. The fourth-order valence-electron chi connectivity index (χ4n) is 1.23. The number of thioether (sulfide) groups is 1. The standard InChI is InChI=1S/C14H21NO2S/c1-14(2,3)12(16)9-15-13(17)10-18-11-7-5-4-6-8-11/h4-8,12,16H,9-10H2,1-3H3,(H,15,17). The molecule has 0 radical (unpaired) electrons. The predicted octanol–water partition coefficient (Wildman–Crippen LogP) is 2.30. The van der Waals surface area contributed by atoms with Crippen LogP contribution in [0.25, 0.3) is 0 Å². The quantitative estimate of drug-likeness (QED) is 0.805. The van der Waals surface area contributed by atoms with Crippen LogP contribution in [0.2, 0.25) is 0 Å². The summed E-state index contributed by atoms with van der Waals surface area (Å²) in [4.78, 5) is 12.7. The van der Waals surface area contributed by atoms with Crippen molar-refractivity contribution in [3.63, 3.8) is 0 Å². The third-order valence-corrected chi connectivity index (χ3v) is 3.62. The highest BCUT2D eigenvalue weighted by Crippen LogP contribution is 2.19. The van der Waals surface area contributed by atoms with Crippen molar-refractivity contribution >= 4 is 17.7 Å². The molecular formula is C14H21NO2S. The van der Waals surface area contributed by atoms with Crippen LogP contribution in [0.4, 0.5) is 0 Å². The van der Waals surface area contributed by atoms with E-state index in [0.29, 0.717) is 12.3 Å². The van der Waals surface area contributed by atoms with Crippen LogP contribution in [0.1, 0.15) is 20.8 Å². The maximum Gasteiger partial charge on any atom is 0.230 e. The van der Waals surface area contributed by atoms with E-state index in [0.717, 1.165) is 4.90 Å². The van der Waals surface area contributed by atoms with Crippen LogP contribution >= 0.6 is 11.8 Å². The van der Waals surface area contributed by atoms with Crippen LogP contribution in [0.3, 0.4) is 0 Å². The number of aliphatic hydroxyl groups is 1. The van der Waals surface area contributed by atoms with Crippen LogP contribution in [0.5, 0.6) is 0 Å². The van der Waals surface area contributed by atoms with Crippen molar-refractivity contribution < 1.29 is 9.90 Å². The van der Waals surface area contributed by atoms with E-state index in [4.69, 9.17) is 0 Å². The second kappa shape index (κ2) is 6.81. The predicted molar refractivity (Wildman–Crippen MR) is 75.6 cm³/mol. The minimum Gasteiger partial charge on any atom is -0.391 e. The van der Waals surface area contributed by atoms with Gasteiger partial charge in [0.1, 0.15) is 0 Å². The normalized spacial score (nSPS) is 13.1. The maximum atomic E-state index is 11.6. The van der Waals surface area contributed by atoms with Crippen molar-refractivity contribution in [3.8, 4) is 0 Å². The molecule has 0 aliphatic carbocycles. The topological polar surface area (TPSA) is 49.3 Å². The first kappa shape index (κ1) is 15.1. The molecule has 0 spiro atoms. The average Bonchev–Trinajstić information content (AvgIpc) is 2.33. The fraction of sp³-hybridized carbons (Fsp3) is 0.500. The zero-order chi connectivity index (χ0) is 13.6. The van der Waals surface area contributed by atoms with Crippen LogP contribution < -0.4 is 5.32 Å². The van der Waals surface area contributed by atoms with Gasteiger partial charge in [-0.25, -0.2) is 0 Å². The van der Waals surface area contributed by atoms with Crippen molar-refractivity contribution in [2.24, 2.45) is 5.41 Å². The molecule has 0 aliphatic heterocycles. The summed E-state index contributed by atoms with van der Waals surface area (Å²) in [5.41, 5.74) is -0.208. The number of amides is 1. The van der Waals surface area contributed by atoms with Crippen molar-refractivity contribution in [2.45, 2.75) is 31.8 Å². The monoisotopic (exact) mass is 267 g/mol. The zero-order valence-electron chi connectivity index (χ0n) is 11.1. The molecule has 1 unspecified atom stereocenters. The van der Waals surface area contributed by atoms with E-state index in [-0.39, 0.29) is 11.3 Å². The fourth-order valence-corrected chi connectivity index (χ4v) is 1.98. The summed E-state index contributed by atoms with van der Waals surface area (Å²) in [5.74, 6) is 0.327. The Morgan fingerprint density at radius 1 is 1.33 bits per heavy atom. The lowest BCUT2D eigenvalue weighted by atomic mass is 9.89. The summed E-state index contributed by atoms with van der Waals surface area (Å²) >= 11 is 1.49. The molecule has 0 fully saturated rings. The summed E-state index contributed by atoms with van der Waals surface area (Å²) < 4.78 is 0. The molecule has 0 bridgehead atoms. The largest absolute Gasteiger partial charge is 0.391 e. The molecule has 0 aromatic heterocycles. The molecule has 2 N–H and O–H groups in total. The molecule has 0 saturated carbocycles. The molecule has 18 heavy (non-hydrogen) atoms. The molecule has 0 saturated heterocycles. The molecule has 0 aliphatic rings. The molecule has 0 heterocycles. The van der Waals surface area contributed by atoms with Crippen molar-refractivity contribution in [2.75, 3.05) is 12.3 Å². The molecule has 4 heteroatoms. The number of rotatable bonds is 5. The molecule has 1 amide bonds.